The van der Waals surface area contributed by atoms with E-state index in [1.165, 1.54) is 19.4 Å². The first-order chi connectivity index (χ1) is 6.83. The zero-order valence-electron chi connectivity index (χ0n) is 8.46. The van der Waals surface area contributed by atoms with Crippen LogP contribution >= 0.6 is 0 Å². The molecule has 15 heavy (non-hydrogen) atoms. The summed E-state index contributed by atoms with van der Waals surface area (Å²) >= 11 is 0. The molecule has 0 saturated carbocycles. The topological polar surface area (TPSA) is 57.2 Å². The molecule has 0 spiro atoms. The Labute approximate surface area is 85.6 Å². The average molecular weight is 218 g/mol. The Morgan fingerprint density at radius 3 is 2.73 bits per heavy atom. The van der Waals surface area contributed by atoms with Gasteiger partial charge in [0.15, 0.2) is 0 Å². The number of carbonyl (C=O) groups excluding carboxylic acids is 1. The van der Waals surface area contributed by atoms with Crippen LogP contribution < -0.4 is 5.73 Å². The molecule has 0 atom stereocenters. The normalized spacial score (nSPS) is 11.5. The molecule has 84 valence electrons. The van der Waals surface area contributed by atoms with Gasteiger partial charge < -0.3 is 15.0 Å². The van der Waals surface area contributed by atoms with Crippen LogP contribution in [0.2, 0.25) is 0 Å². The maximum atomic E-state index is 12.8. The third-order valence-corrected chi connectivity index (χ3v) is 1.76. The minimum Gasteiger partial charge on any atom is -0.464 e. The van der Waals surface area contributed by atoms with E-state index in [-0.39, 0.29) is 11.4 Å². The molecule has 0 aliphatic rings. The summed E-state index contributed by atoms with van der Waals surface area (Å²) in [6.45, 7) is 0.166. The zero-order chi connectivity index (χ0) is 11.6. The van der Waals surface area contributed by atoms with Crippen molar-refractivity contribution in [2.24, 2.45) is 0 Å². The second kappa shape index (κ2) is 3.88. The molecule has 0 radical (unpaired) electrons. The van der Waals surface area contributed by atoms with E-state index in [4.69, 9.17) is 5.73 Å². The number of nitrogens with zero attached hydrogens (tertiary/aromatic N) is 1. The third-order valence-electron chi connectivity index (χ3n) is 1.76. The van der Waals surface area contributed by atoms with Crippen molar-refractivity contribution in [1.82, 2.24) is 4.57 Å². The molecule has 1 aromatic heterocycles. The van der Waals surface area contributed by atoms with Crippen molar-refractivity contribution in [3.63, 3.8) is 0 Å². The number of hydrogen-bond donors (Lipinski definition) is 1. The number of hydrogen-bond acceptors (Lipinski definition) is 3. The molecule has 1 rings (SSSR count). The number of rotatable bonds is 3. The van der Waals surface area contributed by atoms with Crippen LogP contribution in [-0.2, 0) is 11.3 Å². The van der Waals surface area contributed by atoms with Gasteiger partial charge in [0.2, 0.25) is 0 Å². The fourth-order valence-corrected chi connectivity index (χ4v) is 1.24. The molecule has 0 aromatic carbocycles. The number of nitrogen functional groups attached to an aromatic ring is 1. The van der Waals surface area contributed by atoms with Gasteiger partial charge in [0, 0.05) is 13.1 Å². The van der Waals surface area contributed by atoms with Gasteiger partial charge in [0.25, 0.3) is 5.92 Å². The number of alkyl halides is 2. The highest BCUT2D eigenvalue weighted by molar-refractivity contribution is 5.88. The Morgan fingerprint density at radius 2 is 2.27 bits per heavy atom. The number of aromatic nitrogens is 1. The lowest BCUT2D eigenvalue weighted by Gasteiger charge is -2.13. The van der Waals surface area contributed by atoms with Crippen LogP contribution in [0, 0.1) is 0 Å². The van der Waals surface area contributed by atoms with Crippen LogP contribution in [0.25, 0.3) is 0 Å². The second-order valence-electron chi connectivity index (χ2n) is 3.35. The summed E-state index contributed by atoms with van der Waals surface area (Å²) in [4.78, 5) is 11.2. The molecule has 0 saturated heterocycles. The number of nitrogens with two attached hydrogens (primary N) is 1. The summed E-state index contributed by atoms with van der Waals surface area (Å²) in [5, 5.41) is 0. The van der Waals surface area contributed by atoms with Crippen molar-refractivity contribution >= 4 is 11.7 Å². The molecule has 6 heteroatoms. The Balaban J connectivity index is 3.01. The first-order valence-corrected chi connectivity index (χ1v) is 4.25. The number of methoxy groups -OCH3 is 1. The molecule has 2 N–H and O–H groups in total. The van der Waals surface area contributed by atoms with Crippen LogP contribution in [0.5, 0.6) is 0 Å². The fraction of sp³-hybridized carbons (Fsp3) is 0.444. The Bertz CT molecular complexity index is 369. The molecule has 0 unspecified atom stereocenters. The van der Waals surface area contributed by atoms with Crippen LogP contribution in [0.15, 0.2) is 12.3 Å². The van der Waals surface area contributed by atoms with Crippen molar-refractivity contribution in [2.45, 2.75) is 19.4 Å². The highest BCUT2D eigenvalue weighted by Crippen LogP contribution is 2.19. The largest absolute Gasteiger partial charge is 0.464 e. The van der Waals surface area contributed by atoms with Gasteiger partial charge >= 0.3 is 5.97 Å². The lowest BCUT2D eigenvalue weighted by molar-refractivity contribution is 0.00294. The van der Waals surface area contributed by atoms with Gasteiger partial charge in [-0.05, 0) is 6.07 Å². The Morgan fingerprint density at radius 1 is 1.67 bits per heavy atom. The van der Waals surface area contributed by atoms with E-state index in [0.717, 1.165) is 11.5 Å². The number of esters is 1. The molecule has 0 aliphatic heterocycles. The zero-order valence-corrected chi connectivity index (χ0v) is 8.46. The lowest BCUT2D eigenvalue weighted by atomic mass is 10.3. The molecule has 0 bridgehead atoms. The van der Waals surface area contributed by atoms with Crippen molar-refractivity contribution in [2.75, 3.05) is 12.8 Å². The number of halogens is 2. The second-order valence-corrected chi connectivity index (χ2v) is 3.35. The van der Waals surface area contributed by atoms with Crippen molar-refractivity contribution in [3.05, 3.63) is 18.0 Å². The molecule has 0 fully saturated rings. The minimum atomic E-state index is -2.91. The van der Waals surface area contributed by atoms with E-state index in [9.17, 15) is 13.6 Å². The van der Waals surface area contributed by atoms with Gasteiger partial charge in [0.1, 0.15) is 5.69 Å². The molecule has 0 aliphatic carbocycles. The van der Waals surface area contributed by atoms with E-state index in [1.807, 2.05) is 0 Å². The van der Waals surface area contributed by atoms with E-state index < -0.39 is 18.4 Å². The van der Waals surface area contributed by atoms with Gasteiger partial charge in [-0.15, -0.1) is 0 Å². The summed E-state index contributed by atoms with van der Waals surface area (Å²) in [7, 11) is 1.18. The van der Waals surface area contributed by atoms with Gasteiger partial charge in [0.05, 0.1) is 19.3 Å². The highest BCUT2D eigenvalue weighted by Gasteiger charge is 2.25. The first kappa shape index (κ1) is 11.5. The SMILES string of the molecule is COC(=O)c1cc(N)cn1CC(C)(F)F. The number of carbonyl (C=O) groups is 1. The summed E-state index contributed by atoms with van der Waals surface area (Å²) in [5.74, 6) is -3.59. The predicted octanol–water partition coefficient (Wildman–Crippen LogP) is 1.51. The maximum absolute atomic E-state index is 12.8. The van der Waals surface area contributed by atoms with Crippen LogP contribution in [0.3, 0.4) is 0 Å². The van der Waals surface area contributed by atoms with Crippen LogP contribution in [-0.4, -0.2) is 23.6 Å². The molecule has 1 aromatic rings. The smallest absolute Gasteiger partial charge is 0.354 e. The minimum absolute atomic E-state index is 0.0246. The summed E-state index contributed by atoms with van der Waals surface area (Å²) in [6, 6.07) is 1.30. The molecule has 4 nitrogen and oxygen atoms in total. The van der Waals surface area contributed by atoms with E-state index >= 15 is 0 Å². The van der Waals surface area contributed by atoms with Crippen LogP contribution in [0.1, 0.15) is 17.4 Å². The predicted molar refractivity (Wildman–Crippen MR) is 50.8 cm³/mol. The van der Waals surface area contributed by atoms with Gasteiger partial charge in [-0.1, -0.05) is 0 Å². The van der Waals surface area contributed by atoms with E-state index in [1.54, 1.807) is 0 Å². The van der Waals surface area contributed by atoms with Crippen molar-refractivity contribution in [3.8, 4) is 0 Å². The van der Waals surface area contributed by atoms with Crippen molar-refractivity contribution in [1.29, 1.82) is 0 Å². The molecular weight excluding hydrogens is 206 g/mol. The first-order valence-electron chi connectivity index (χ1n) is 4.25. The summed E-state index contributed by atoms with van der Waals surface area (Å²) in [5.41, 5.74) is 5.69. The van der Waals surface area contributed by atoms with Crippen LogP contribution in [0.4, 0.5) is 14.5 Å². The van der Waals surface area contributed by atoms with Crippen molar-refractivity contribution < 1.29 is 18.3 Å². The van der Waals surface area contributed by atoms with E-state index in [0.29, 0.717) is 0 Å². The Kier molecular flexibility index (Phi) is 2.97. The standard InChI is InChI=1S/C9H12F2N2O2/c1-9(10,11)5-13-4-6(12)3-7(13)8(14)15-2/h3-4H,5,12H2,1-2H3. The number of anilines is 1. The molecule has 1 heterocycles. The maximum Gasteiger partial charge on any atom is 0.354 e. The van der Waals surface area contributed by atoms with Gasteiger partial charge in [-0.2, -0.15) is 0 Å². The lowest BCUT2D eigenvalue weighted by Crippen LogP contribution is -2.22. The van der Waals surface area contributed by atoms with E-state index in [2.05, 4.69) is 4.74 Å². The average Bonchev–Trinajstić information content (AvgIpc) is 2.42. The quantitative estimate of drug-likeness (QED) is 0.782. The van der Waals surface area contributed by atoms with Gasteiger partial charge in [-0.25, -0.2) is 13.6 Å². The summed E-state index contributed by atoms with van der Waals surface area (Å²) in [6.07, 6.45) is 1.28. The monoisotopic (exact) mass is 218 g/mol. The summed E-state index contributed by atoms with van der Waals surface area (Å²) < 4.78 is 31.0. The molecular formula is C9H12F2N2O2. The number of ether oxygens (including phenoxy) is 1. The fourth-order valence-electron chi connectivity index (χ4n) is 1.24. The Hall–Kier alpha value is -1.59. The third kappa shape index (κ3) is 2.93. The molecule has 0 amide bonds. The highest BCUT2D eigenvalue weighted by atomic mass is 19.3. The van der Waals surface area contributed by atoms with Gasteiger partial charge in [-0.3, -0.25) is 0 Å².